The largest absolute Gasteiger partial charge is 0.366 e. The highest BCUT2D eigenvalue weighted by Crippen LogP contribution is 2.24. The Kier molecular flexibility index (Phi) is 3.60. The molecule has 1 unspecified atom stereocenters. The SMILES string of the molecule is CC1CCN(Cc2ccc(C(N)=O)cc2F)S1(=O)=O. The molecule has 1 heterocycles. The van der Waals surface area contributed by atoms with Gasteiger partial charge in [-0.3, -0.25) is 4.79 Å². The highest BCUT2D eigenvalue weighted by atomic mass is 32.2. The van der Waals surface area contributed by atoms with Crippen LogP contribution >= 0.6 is 0 Å². The number of hydrogen-bond acceptors (Lipinski definition) is 3. The molecule has 1 saturated heterocycles. The lowest BCUT2D eigenvalue weighted by molar-refractivity contribution is 0.1000. The second-order valence-electron chi connectivity index (χ2n) is 4.65. The van der Waals surface area contributed by atoms with Gasteiger partial charge in [0.05, 0.1) is 5.25 Å². The van der Waals surface area contributed by atoms with Gasteiger partial charge in [0.15, 0.2) is 0 Å². The van der Waals surface area contributed by atoms with E-state index in [2.05, 4.69) is 0 Å². The summed E-state index contributed by atoms with van der Waals surface area (Å²) in [4.78, 5) is 10.9. The van der Waals surface area contributed by atoms with Crippen molar-refractivity contribution in [3.8, 4) is 0 Å². The second-order valence-corrected chi connectivity index (χ2v) is 7.00. The number of primary amides is 1. The van der Waals surface area contributed by atoms with E-state index in [0.717, 1.165) is 6.07 Å². The number of carbonyl (C=O) groups excluding carboxylic acids is 1. The van der Waals surface area contributed by atoms with Crippen LogP contribution in [0.3, 0.4) is 0 Å². The van der Waals surface area contributed by atoms with Gasteiger partial charge in [-0.15, -0.1) is 0 Å². The molecule has 19 heavy (non-hydrogen) atoms. The van der Waals surface area contributed by atoms with E-state index in [1.807, 2.05) is 0 Å². The van der Waals surface area contributed by atoms with E-state index in [1.54, 1.807) is 6.92 Å². The standard InChI is InChI=1S/C12H15FN2O3S/c1-8-4-5-15(19(8,17)18)7-10-3-2-9(12(14)16)6-11(10)13/h2-3,6,8H,4-5,7H2,1H3,(H2,14,16). The summed E-state index contributed by atoms with van der Waals surface area (Å²) >= 11 is 0. The van der Waals surface area contributed by atoms with Crippen molar-refractivity contribution in [2.45, 2.75) is 25.1 Å². The summed E-state index contributed by atoms with van der Waals surface area (Å²) in [6.45, 7) is 2.01. The summed E-state index contributed by atoms with van der Waals surface area (Å²) < 4.78 is 38.9. The van der Waals surface area contributed by atoms with Crippen molar-refractivity contribution in [1.82, 2.24) is 4.31 Å². The molecule has 1 aromatic rings. The van der Waals surface area contributed by atoms with Gasteiger partial charge in [-0.2, -0.15) is 4.31 Å². The molecule has 2 N–H and O–H groups in total. The van der Waals surface area contributed by atoms with Crippen molar-refractivity contribution in [3.05, 3.63) is 35.1 Å². The van der Waals surface area contributed by atoms with Crippen molar-refractivity contribution in [2.75, 3.05) is 6.54 Å². The van der Waals surface area contributed by atoms with Crippen molar-refractivity contribution in [2.24, 2.45) is 5.73 Å². The van der Waals surface area contributed by atoms with Gasteiger partial charge in [-0.1, -0.05) is 6.07 Å². The van der Waals surface area contributed by atoms with Crippen LogP contribution < -0.4 is 5.73 Å². The number of hydrogen-bond donors (Lipinski definition) is 1. The fraction of sp³-hybridized carbons (Fsp3) is 0.417. The van der Waals surface area contributed by atoms with Gasteiger partial charge < -0.3 is 5.73 Å². The van der Waals surface area contributed by atoms with E-state index in [-0.39, 0.29) is 17.7 Å². The van der Waals surface area contributed by atoms with Crippen LogP contribution in [0.2, 0.25) is 0 Å². The van der Waals surface area contributed by atoms with Crippen molar-refractivity contribution in [3.63, 3.8) is 0 Å². The second kappa shape index (κ2) is 4.90. The van der Waals surface area contributed by atoms with E-state index in [4.69, 9.17) is 5.73 Å². The van der Waals surface area contributed by atoms with Crippen LogP contribution in [0.25, 0.3) is 0 Å². The molecular formula is C12H15FN2O3S. The Bertz CT molecular complexity index is 615. The number of nitrogens with two attached hydrogens (primary N) is 1. The fourth-order valence-electron chi connectivity index (χ4n) is 2.04. The third-order valence-corrected chi connectivity index (χ3v) is 5.62. The Balaban J connectivity index is 2.23. The van der Waals surface area contributed by atoms with Gasteiger partial charge in [-0.05, 0) is 25.5 Å². The zero-order valence-electron chi connectivity index (χ0n) is 10.5. The molecule has 1 atom stereocenters. The molecule has 0 aliphatic carbocycles. The number of nitrogens with zero attached hydrogens (tertiary/aromatic N) is 1. The smallest absolute Gasteiger partial charge is 0.248 e. The van der Waals surface area contributed by atoms with Crippen LogP contribution in [0.4, 0.5) is 4.39 Å². The molecule has 0 bridgehead atoms. The van der Waals surface area contributed by atoms with Crippen molar-refractivity contribution in [1.29, 1.82) is 0 Å². The first-order valence-corrected chi connectivity index (χ1v) is 7.40. The maximum Gasteiger partial charge on any atom is 0.248 e. The average molecular weight is 286 g/mol. The van der Waals surface area contributed by atoms with Crippen molar-refractivity contribution < 1.29 is 17.6 Å². The quantitative estimate of drug-likeness (QED) is 0.894. The molecule has 1 fully saturated rings. The molecule has 2 rings (SSSR count). The van der Waals surface area contributed by atoms with Crippen molar-refractivity contribution >= 4 is 15.9 Å². The fourth-order valence-corrected chi connectivity index (χ4v) is 3.64. The minimum atomic E-state index is -3.33. The van der Waals surface area contributed by atoms with Crippen LogP contribution in [-0.2, 0) is 16.6 Å². The highest BCUT2D eigenvalue weighted by molar-refractivity contribution is 7.89. The van der Waals surface area contributed by atoms with E-state index in [0.29, 0.717) is 13.0 Å². The number of sulfonamides is 1. The zero-order chi connectivity index (χ0) is 14.2. The number of halogens is 1. The molecule has 1 aromatic carbocycles. The topological polar surface area (TPSA) is 80.5 Å². The Labute approximate surface area is 111 Å². The Hall–Kier alpha value is -1.47. The summed E-state index contributed by atoms with van der Waals surface area (Å²) in [5, 5.41) is -0.430. The number of carbonyl (C=O) groups is 1. The van der Waals surface area contributed by atoms with Crippen LogP contribution in [0.5, 0.6) is 0 Å². The summed E-state index contributed by atoms with van der Waals surface area (Å²) in [6.07, 6.45) is 0.545. The minimum absolute atomic E-state index is 0.0163. The summed E-state index contributed by atoms with van der Waals surface area (Å²) in [5.74, 6) is -1.33. The number of benzene rings is 1. The van der Waals surface area contributed by atoms with E-state index < -0.39 is 27.0 Å². The van der Waals surface area contributed by atoms with Gasteiger partial charge in [0.25, 0.3) is 0 Å². The first-order chi connectivity index (χ1) is 8.82. The van der Waals surface area contributed by atoms with Gasteiger partial charge in [0.1, 0.15) is 5.82 Å². The molecule has 0 radical (unpaired) electrons. The molecule has 0 spiro atoms. The third-order valence-electron chi connectivity index (χ3n) is 3.34. The highest BCUT2D eigenvalue weighted by Gasteiger charge is 2.35. The summed E-state index contributed by atoms with van der Waals surface area (Å²) in [6, 6.07) is 3.82. The van der Waals surface area contributed by atoms with Gasteiger partial charge >= 0.3 is 0 Å². The molecule has 0 aromatic heterocycles. The van der Waals surface area contributed by atoms with Crippen LogP contribution in [-0.4, -0.2) is 30.4 Å². The lowest BCUT2D eigenvalue weighted by Crippen LogP contribution is -2.28. The average Bonchev–Trinajstić information content (AvgIpc) is 2.58. The molecule has 7 heteroatoms. The van der Waals surface area contributed by atoms with Crippen LogP contribution in [0.15, 0.2) is 18.2 Å². The van der Waals surface area contributed by atoms with Crippen LogP contribution in [0.1, 0.15) is 29.3 Å². The lowest BCUT2D eigenvalue weighted by Gasteiger charge is -2.16. The third kappa shape index (κ3) is 2.62. The van der Waals surface area contributed by atoms with Crippen LogP contribution in [0, 0.1) is 5.82 Å². The predicted molar refractivity (Wildman–Crippen MR) is 68.3 cm³/mol. The molecule has 1 amide bonds. The maximum absolute atomic E-state index is 13.8. The molecule has 5 nitrogen and oxygen atoms in total. The molecule has 1 aliphatic heterocycles. The predicted octanol–water partition coefficient (Wildman–Crippen LogP) is 0.849. The Morgan fingerprint density at radius 1 is 1.53 bits per heavy atom. The maximum atomic E-state index is 13.8. The number of rotatable bonds is 3. The Morgan fingerprint density at radius 3 is 2.68 bits per heavy atom. The first-order valence-electron chi connectivity index (χ1n) is 5.89. The summed E-state index contributed by atoms with van der Waals surface area (Å²) in [5.41, 5.74) is 5.35. The first kappa shape index (κ1) is 14.0. The summed E-state index contributed by atoms with van der Waals surface area (Å²) in [7, 11) is -3.33. The van der Waals surface area contributed by atoms with E-state index in [1.165, 1.54) is 16.4 Å². The lowest BCUT2D eigenvalue weighted by atomic mass is 10.1. The molecule has 1 aliphatic rings. The molecule has 0 saturated carbocycles. The minimum Gasteiger partial charge on any atom is -0.366 e. The monoisotopic (exact) mass is 286 g/mol. The van der Waals surface area contributed by atoms with E-state index >= 15 is 0 Å². The normalized spacial score (nSPS) is 22.5. The van der Waals surface area contributed by atoms with E-state index in [9.17, 15) is 17.6 Å². The van der Waals surface area contributed by atoms with Gasteiger partial charge in [0, 0.05) is 24.2 Å². The van der Waals surface area contributed by atoms with Gasteiger partial charge in [-0.25, -0.2) is 12.8 Å². The number of amides is 1. The molecular weight excluding hydrogens is 271 g/mol. The zero-order valence-corrected chi connectivity index (χ0v) is 11.3. The van der Waals surface area contributed by atoms with Gasteiger partial charge in [0.2, 0.25) is 15.9 Å². The molecule has 104 valence electrons. The Morgan fingerprint density at radius 2 is 2.21 bits per heavy atom.